The Kier molecular flexibility index (Phi) is 8.20. The number of carbonyl (C=O) groups excluding carboxylic acids is 5. The third kappa shape index (κ3) is 6.32. The van der Waals surface area contributed by atoms with Crippen LogP contribution in [0, 0.1) is 0 Å². The second-order valence-electron chi connectivity index (χ2n) is 7.25. The highest BCUT2D eigenvalue weighted by Gasteiger charge is 2.35. The van der Waals surface area contributed by atoms with Crippen LogP contribution in [-0.2, 0) is 32.1 Å². The maximum absolute atomic E-state index is 12.7. The Bertz CT molecular complexity index is 1110. The normalized spacial score (nSPS) is 13.5. The SMILES string of the molecule is CCN1CCN(C(=O)Nc2cc(OC(=O)OCc3ccccc3)ccc2CC(=O)Cl)C(=O)C1=O. The molecule has 0 saturated carbocycles. The van der Waals surface area contributed by atoms with Crippen molar-refractivity contribution < 1.29 is 33.4 Å². The lowest BCUT2D eigenvalue weighted by Crippen LogP contribution is -2.56. The van der Waals surface area contributed by atoms with Crippen molar-refractivity contribution in [3.05, 3.63) is 59.7 Å². The molecular formula is C23H22ClN3O7. The van der Waals surface area contributed by atoms with Gasteiger partial charge < -0.3 is 19.7 Å². The van der Waals surface area contributed by atoms with Crippen molar-refractivity contribution in [1.29, 1.82) is 0 Å². The topological polar surface area (TPSA) is 122 Å². The molecule has 2 aromatic carbocycles. The minimum atomic E-state index is -0.973. The predicted octanol–water partition coefficient (Wildman–Crippen LogP) is 2.93. The first kappa shape index (κ1) is 24.7. The van der Waals surface area contributed by atoms with E-state index in [9.17, 15) is 24.0 Å². The molecule has 11 heteroatoms. The highest BCUT2D eigenvalue weighted by atomic mass is 35.5. The Hall–Kier alpha value is -3.92. The first-order valence-corrected chi connectivity index (χ1v) is 10.8. The van der Waals surface area contributed by atoms with Crippen molar-refractivity contribution in [3.8, 4) is 5.75 Å². The first-order valence-electron chi connectivity index (χ1n) is 10.4. The highest BCUT2D eigenvalue weighted by molar-refractivity contribution is 6.63. The zero-order chi connectivity index (χ0) is 24.7. The van der Waals surface area contributed by atoms with Crippen molar-refractivity contribution in [2.45, 2.75) is 20.0 Å². The van der Waals surface area contributed by atoms with Crippen LogP contribution in [0.1, 0.15) is 18.1 Å². The van der Waals surface area contributed by atoms with Gasteiger partial charge in [-0.3, -0.25) is 19.3 Å². The van der Waals surface area contributed by atoms with E-state index in [-0.39, 0.29) is 37.6 Å². The number of ether oxygens (including phenoxy) is 2. The maximum Gasteiger partial charge on any atom is 0.514 e. The Morgan fingerprint density at radius 1 is 1.03 bits per heavy atom. The fourth-order valence-corrected chi connectivity index (χ4v) is 3.38. The standard InChI is InChI=1S/C23H22ClN3O7/c1-2-26-10-11-27(21(30)20(26)29)22(31)25-18-13-17(9-8-16(18)12-19(24)28)34-23(32)33-14-15-6-4-3-5-7-15/h3-9,13H,2,10-12,14H2,1H3,(H,25,31). The van der Waals surface area contributed by atoms with Gasteiger partial charge in [0.05, 0.1) is 0 Å². The van der Waals surface area contributed by atoms with Gasteiger partial charge in [0.1, 0.15) is 12.4 Å². The molecule has 0 spiro atoms. The zero-order valence-corrected chi connectivity index (χ0v) is 19.0. The molecule has 0 radical (unpaired) electrons. The molecule has 2 aromatic rings. The molecule has 34 heavy (non-hydrogen) atoms. The molecule has 0 aromatic heterocycles. The van der Waals surface area contributed by atoms with Crippen LogP contribution < -0.4 is 10.1 Å². The maximum atomic E-state index is 12.7. The summed E-state index contributed by atoms with van der Waals surface area (Å²) in [4.78, 5) is 62.7. The number of likely N-dealkylation sites (N-methyl/N-ethyl adjacent to an activating group) is 1. The molecule has 1 aliphatic heterocycles. The van der Waals surface area contributed by atoms with Gasteiger partial charge in [0.15, 0.2) is 0 Å². The summed E-state index contributed by atoms with van der Waals surface area (Å²) in [7, 11) is 0. The van der Waals surface area contributed by atoms with E-state index >= 15 is 0 Å². The lowest BCUT2D eigenvalue weighted by molar-refractivity contribution is -0.153. The number of halogens is 1. The third-order valence-electron chi connectivity index (χ3n) is 4.99. The minimum Gasteiger partial charge on any atom is -0.429 e. The summed E-state index contributed by atoms with van der Waals surface area (Å²) in [6, 6.07) is 12.3. The number of rotatable bonds is 7. The number of nitrogens with one attached hydrogen (secondary N) is 1. The Morgan fingerprint density at radius 3 is 2.44 bits per heavy atom. The molecule has 1 aliphatic rings. The quantitative estimate of drug-likeness (QED) is 0.276. The number of nitrogens with zero attached hydrogens (tertiary/aromatic N) is 2. The molecule has 0 aliphatic carbocycles. The third-order valence-corrected chi connectivity index (χ3v) is 5.12. The molecule has 10 nitrogen and oxygen atoms in total. The molecule has 4 amide bonds. The van der Waals surface area contributed by atoms with Gasteiger partial charge in [-0.1, -0.05) is 36.4 Å². The Labute approximate surface area is 200 Å². The Morgan fingerprint density at radius 2 is 1.76 bits per heavy atom. The van der Waals surface area contributed by atoms with E-state index in [1.165, 1.54) is 23.1 Å². The molecule has 0 bridgehead atoms. The summed E-state index contributed by atoms with van der Waals surface area (Å²) in [6.45, 7) is 2.30. The number of imide groups is 1. The first-order chi connectivity index (χ1) is 16.3. The molecule has 1 N–H and O–H groups in total. The van der Waals surface area contributed by atoms with Gasteiger partial charge in [0.2, 0.25) is 5.24 Å². The summed E-state index contributed by atoms with van der Waals surface area (Å²) in [5.74, 6) is -1.71. The average molecular weight is 488 g/mol. The highest BCUT2D eigenvalue weighted by Crippen LogP contribution is 2.25. The van der Waals surface area contributed by atoms with Crippen LogP contribution in [-0.4, -0.2) is 58.7 Å². The Balaban J connectivity index is 1.71. The van der Waals surface area contributed by atoms with Crippen molar-refractivity contribution >= 4 is 46.5 Å². The van der Waals surface area contributed by atoms with E-state index in [0.717, 1.165) is 10.5 Å². The van der Waals surface area contributed by atoms with Crippen molar-refractivity contribution in [1.82, 2.24) is 9.80 Å². The van der Waals surface area contributed by atoms with E-state index in [0.29, 0.717) is 12.1 Å². The number of benzene rings is 2. The fourth-order valence-electron chi connectivity index (χ4n) is 3.23. The van der Waals surface area contributed by atoms with Crippen LogP contribution in [0.5, 0.6) is 5.75 Å². The van der Waals surface area contributed by atoms with Crippen LogP contribution in [0.15, 0.2) is 48.5 Å². The zero-order valence-electron chi connectivity index (χ0n) is 18.3. The van der Waals surface area contributed by atoms with Gasteiger partial charge in [-0.15, -0.1) is 0 Å². The number of amides is 4. The molecular weight excluding hydrogens is 466 g/mol. The number of urea groups is 1. The van der Waals surface area contributed by atoms with Crippen molar-refractivity contribution in [2.24, 2.45) is 0 Å². The summed E-state index contributed by atoms with van der Waals surface area (Å²) < 4.78 is 10.2. The molecule has 0 atom stereocenters. The molecule has 1 fully saturated rings. The second-order valence-corrected chi connectivity index (χ2v) is 7.67. The average Bonchev–Trinajstić information content (AvgIpc) is 2.81. The molecule has 1 heterocycles. The fraction of sp³-hybridized carbons (Fsp3) is 0.261. The van der Waals surface area contributed by atoms with Crippen LogP contribution in [0.2, 0.25) is 0 Å². The molecule has 1 saturated heterocycles. The second kappa shape index (κ2) is 11.3. The van der Waals surface area contributed by atoms with E-state index in [4.69, 9.17) is 21.1 Å². The molecule has 178 valence electrons. The number of hydrogen-bond donors (Lipinski definition) is 1. The van der Waals surface area contributed by atoms with Gasteiger partial charge in [-0.2, -0.15) is 0 Å². The summed E-state index contributed by atoms with van der Waals surface area (Å²) in [5.41, 5.74) is 1.18. The lowest BCUT2D eigenvalue weighted by Gasteiger charge is -2.31. The van der Waals surface area contributed by atoms with Crippen LogP contribution in [0.4, 0.5) is 15.3 Å². The number of hydrogen-bond acceptors (Lipinski definition) is 7. The number of carbonyl (C=O) groups is 5. The predicted molar refractivity (Wildman–Crippen MR) is 121 cm³/mol. The van der Waals surface area contributed by atoms with Crippen molar-refractivity contribution in [2.75, 3.05) is 25.0 Å². The van der Waals surface area contributed by atoms with E-state index in [2.05, 4.69) is 5.32 Å². The minimum absolute atomic E-state index is 0.00196. The molecule has 0 unspecified atom stereocenters. The number of anilines is 1. The van der Waals surface area contributed by atoms with Crippen LogP contribution in [0.3, 0.4) is 0 Å². The summed E-state index contributed by atoms with van der Waals surface area (Å²) in [6.07, 6.45) is -1.20. The largest absolute Gasteiger partial charge is 0.514 e. The van der Waals surface area contributed by atoms with Gasteiger partial charge >= 0.3 is 24.0 Å². The number of piperazine rings is 1. The van der Waals surface area contributed by atoms with Crippen molar-refractivity contribution in [3.63, 3.8) is 0 Å². The van der Waals surface area contributed by atoms with E-state index in [1.807, 2.05) is 6.07 Å². The van der Waals surface area contributed by atoms with Crippen LogP contribution >= 0.6 is 11.6 Å². The van der Waals surface area contributed by atoms with Gasteiger partial charge in [0, 0.05) is 37.8 Å². The monoisotopic (exact) mass is 487 g/mol. The van der Waals surface area contributed by atoms with Gasteiger partial charge in [0.25, 0.3) is 0 Å². The van der Waals surface area contributed by atoms with Crippen LogP contribution in [0.25, 0.3) is 0 Å². The summed E-state index contributed by atoms with van der Waals surface area (Å²) in [5, 5.41) is 1.81. The summed E-state index contributed by atoms with van der Waals surface area (Å²) >= 11 is 5.50. The van der Waals surface area contributed by atoms with E-state index < -0.39 is 29.2 Å². The van der Waals surface area contributed by atoms with E-state index in [1.54, 1.807) is 31.2 Å². The lowest BCUT2D eigenvalue weighted by atomic mass is 10.1. The smallest absolute Gasteiger partial charge is 0.429 e. The van der Waals surface area contributed by atoms with Gasteiger partial charge in [-0.25, -0.2) is 9.59 Å². The molecule has 3 rings (SSSR count). The van der Waals surface area contributed by atoms with Gasteiger partial charge in [-0.05, 0) is 35.7 Å².